The van der Waals surface area contributed by atoms with Gasteiger partial charge in [0.05, 0.1) is 0 Å². The quantitative estimate of drug-likeness (QED) is 0.515. The summed E-state index contributed by atoms with van der Waals surface area (Å²) in [6.45, 7) is 0.579. The molecule has 9 heavy (non-hydrogen) atoms. The van der Waals surface area contributed by atoms with E-state index in [-0.39, 0.29) is 6.10 Å². The molecule has 0 aromatic carbocycles. The van der Waals surface area contributed by atoms with E-state index in [1.54, 1.807) is 0 Å². The maximum atomic E-state index is 9.86. The van der Waals surface area contributed by atoms with E-state index in [9.17, 15) is 4.79 Å². The molecule has 0 radical (unpaired) electrons. The second-order valence-corrected chi connectivity index (χ2v) is 3.08. The lowest BCUT2D eigenvalue weighted by atomic mass is 10.2. The topological polar surface area (TPSA) is 26.3 Å². The van der Waals surface area contributed by atoms with Crippen molar-refractivity contribution in [3.8, 4) is 0 Å². The highest BCUT2D eigenvalue weighted by atomic mass is 16.5. The highest BCUT2D eigenvalue weighted by Gasteiger charge is 2.46. The molecule has 0 aromatic rings. The monoisotopic (exact) mass is 126 g/mol. The fourth-order valence-corrected chi connectivity index (χ4v) is 1.85. The van der Waals surface area contributed by atoms with Crippen LogP contribution in [0.2, 0.25) is 0 Å². The van der Waals surface area contributed by atoms with Crippen molar-refractivity contribution in [2.45, 2.75) is 25.4 Å². The Hall–Kier alpha value is -0.530. The molecule has 2 rings (SSSR count). The van der Waals surface area contributed by atoms with Crippen LogP contribution in [0.5, 0.6) is 0 Å². The van der Waals surface area contributed by atoms with Crippen LogP contribution in [0.4, 0.5) is 0 Å². The Morgan fingerprint density at radius 3 is 2.44 bits per heavy atom. The van der Waals surface area contributed by atoms with Crippen molar-refractivity contribution in [1.82, 2.24) is 0 Å². The molecule has 0 aliphatic heterocycles. The van der Waals surface area contributed by atoms with Gasteiger partial charge in [0.2, 0.25) is 0 Å². The first-order valence-electron chi connectivity index (χ1n) is 3.49. The smallest absolute Gasteiger partial charge is 0.293 e. The summed E-state index contributed by atoms with van der Waals surface area (Å²) in [7, 11) is 0. The molecule has 1 unspecified atom stereocenters. The lowest BCUT2D eigenvalue weighted by Crippen LogP contribution is -2.08. The van der Waals surface area contributed by atoms with Crippen LogP contribution >= 0.6 is 0 Å². The molecule has 0 N–H and O–H groups in total. The van der Waals surface area contributed by atoms with Gasteiger partial charge in [0.25, 0.3) is 6.47 Å². The molecule has 2 aliphatic carbocycles. The van der Waals surface area contributed by atoms with Gasteiger partial charge in [0.1, 0.15) is 6.10 Å². The molecule has 2 fully saturated rings. The Labute approximate surface area is 54.2 Å². The van der Waals surface area contributed by atoms with Crippen LogP contribution < -0.4 is 0 Å². The van der Waals surface area contributed by atoms with Gasteiger partial charge >= 0.3 is 0 Å². The predicted molar refractivity (Wildman–Crippen MR) is 31.8 cm³/mol. The maximum Gasteiger partial charge on any atom is 0.293 e. The second kappa shape index (κ2) is 1.72. The lowest BCUT2D eigenvalue weighted by molar-refractivity contribution is -0.133. The van der Waals surface area contributed by atoms with Crippen molar-refractivity contribution in [3.05, 3.63) is 0 Å². The second-order valence-electron chi connectivity index (χ2n) is 3.08. The first-order valence-corrected chi connectivity index (χ1v) is 3.49. The first kappa shape index (κ1) is 5.27. The molecule has 0 saturated heterocycles. The molecular formula is C7H10O2. The Kier molecular flexibility index (Phi) is 1.01. The van der Waals surface area contributed by atoms with Crippen LogP contribution in [0.25, 0.3) is 0 Å². The van der Waals surface area contributed by atoms with Crippen LogP contribution in [0, 0.1) is 11.8 Å². The number of fused-ring (bicyclic) bond motifs is 1. The molecule has 50 valence electrons. The minimum Gasteiger partial charge on any atom is -0.465 e. The number of carbonyl (C=O) groups excluding carboxylic acids is 1. The highest BCUT2D eigenvalue weighted by molar-refractivity contribution is 5.37. The van der Waals surface area contributed by atoms with Crippen LogP contribution in [-0.4, -0.2) is 12.6 Å². The summed E-state index contributed by atoms with van der Waals surface area (Å²) in [6.07, 6.45) is 3.91. The van der Waals surface area contributed by atoms with Crippen molar-refractivity contribution in [2.75, 3.05) is 0 Å². The standard InChI is InChI=1S/C7H10O2/c8-4-9-7-2-5-1-6(5)3-7/h4-7H,1-3H2/t5-,6+,7?. The third kappa shape index (κ3) is 0.824. The number of carbonyl (C=O) groups is 1. The van der Waals surface area contributed by atoms with Crippen molar-refractivity contribution in [1.29, 1.82) is 0 Å². The minimum atomic E-state index is 0.270. The number of hydrogen-bond acceptors (Lipinski definition) is 2. The first-order chi connectivity index (χ1) is 4.40. The largest absolute Gasteiger partial charge is 0.465 e. The average Bonchev–Trinajstić information content (AvgIpc) is 2.42. The Bertz CT molecular complexity index is 123. The lowest BCUT2D eigenvalue weighted by Gasteiger charge is -2.07. The van der Waals surface area contributed by atoms with Crippen LogP contribution in [0.3, 0.4) is 0 Å². The maximum absolute atomic E-state index is 9.86. The van der Waals surface area contributed by atoms with Crippen LogP contribution in [-0.2, 0) is 9.53 Å². The van der Waals surface area contributed by atoms with Gasteiger partial charge in [0, 0.05) is 0 Å². The van der Waals surface area contributed by atoms with Gasteiger partial charge in [-0.2, -0.15) is 0 Å². The van der Waals surface area contributed by atoms with E-state index in [1.165, 1.54) is 6.42 Å². The van der Waals surface area contributed by atoms with Gasteiger partial charge < -0.3 is 4.74 Å². The van der Waals surface area contributed by atoms with Crippen molar-refractivity contribution in [3.63, 3.8) is 0 Å². The van der Waals surface area contributed by atoms with E-state index in [1.807, 2.05) is 0 Å². The molecular weight excluding hydrogens is 116 g/mol. The zero-order chi connectivity index (χ0) is 6.27. The van der Waals surface area contributed by atoms with E-state index >= 15 is 0 Å². The van der Waals surface area contributed by atoms with E-state index < -0.39 is 0 Å². The predicted octanol–water partition coefficient (Wildman–Crippen LogP) is 0.958. The number of ether oxygens (including phenoxy) is 1. The van der Waals surface area contributed by atoms with E-state index in [0.29, 0.717) is 6.47 Å². The summed E-state index contributed by atoms with van der Waals surface area (Å²) in [5.74, 6) is 1.82. The minimum absolute atomic E-state index is 0.270. The molecule has 0 bridgehead atoms. The van der Waals surface area contributed by atoms with E-state index in [2.05, 4.69) is 0 Å². The molecule has 2 nitrogen and oxygen atoms in total. The fraction of sp³-hybridized carbons (Fsp3) is 0.857. The van der Waals surface area contributed by atoms with Crippen LogP contribution in [0.15, 0.2) is 0 Å². The Morgan fingerprint density at radius 2 is 1.89 bits per heavy atom. The molecule has 2 saturated carbocycles. The molecule has 0 heterocycles. The Balaban J connectivity index is 1.83. The van der Waals surface area contributed by atoms with Gasteiger partial charge in [-0.1, -0.05) is 0 Å². The number of rotatable bonds is 2. The summed E-state index contributed by atoms with van der Waals surface area (Å²) in [5.41, 5.74) is 0. The average molecular weight is 126 g/mol. The summed E-state index contributed by atoms with van der Waals surface area (Å²) in [5, 5.41) is 0. The highest BCUT2D eigenvalue weighted by Crippen LogP contribution is 2.52. The van der Waals surface area contributed by atoms with Gasteiger partial charge in [-0.15, -0.1) is 0 Å². The Morgan fingerprint density at radius 1 is 1.22 bits per heavy atom. The molecule has 0 aromatic heterocycles. The fourth-order valence-electron chi connectivity index (χ4n) is 1.85. The zero-order valence-electron chi connectivity index (χ0n) is 5.25. The van der Waals surface area contributed by atoms with Gasteiger partial charge in [0.15, 0.2) is 0 Å². The van der Waals surface area contributed by atoms with Gasteiger partial charge in [-0.25, -0.2) is 0 Å². The summed E-state index contributed by atoms with van der Waals surface area (Å²) < 4.78 is 4.82. The van der Waals surface area contributed by atoms with Crippen molar-refractivity contribution in [2.24, 2.45) is 11.8 Å². The SMILES string of the molecule is O=COC1C[C@@H]2C[C@@H]2C1. The number of hydrogen-bond donors (Lipinski definition) is 0. The molecule has 0 spiro atoms. The van der Waals surface area contributed by atoms with E-state index in [4.69, 9.17) is 4.74 Å². The van der Waals surface area contributed by atoms with Gasteiger partial charge in [-0.3, -0.25) is 4.79 Å². The molecule has 0 amide bonds. The molecule has 3 atom stereocenters. The third-order valence-corrected chi connectivity index (χ3v) is 2.45. The zero-order valence-corrected chi connectivity index (χ0v) is 5.25. The summed E-state index contributed by atoms with van der Waals surface area (Å²) in [6, 6.07) is 0. The van der Waals surface area contributed by atoms with Crippen molar-refractivity contribution >= 4 is 6.47 Å². The third-order valence-electron chi connectivity index (χ3n) is 2.45. The van der Waals surface area contributed by atoms with E-state index in [0.717, 1.165) is 24.7 Å². The summed E-state index contributed by atoms with van der Waals surface area (Å²) >= 11 is 0. The normalized spacial score (nSPS) is 46.0. The van der Waals surface area contributed by atoms with Gasteiger partial charge in [-0.05, 0) is 31.1 Å². The summed E-state index contributed by atoms with van der Waals surface area (Å²) in [4.78, 5) is 9.86. The van der Waals surface area contributed by atoms with Crippen LogP contribution in [0.1, 0.15) is 19.3 Å². The van der Waals surface area contributed by atoms with Crippen molar-refractivity contribution < 1.29 is 9.53 Å². The molecule has 2 heteroatoms. The molecule has 2 aliphatic rings.